The molecular formula is C26H32N2O5. The summed E-state index contributed by atoms with van der Waals surface area (Å²) in [6.07, 6.45) is 0.568. The van der Waals surface area contributed by atoms with E-state index in [0.29, 0.717) is 25.1 Å². The number of carbonyl (C=O) groups excluding carboxylic acids is 3. The first-order chi connectivity index (χ1) is 15.7. The molecule has 1 heterocycles. The van der Waals surface area contributed by atoms with E-state index in [4.69, 9.17) is 9.47 Å². The fourth-order valence-corrected chi connectivity index (χ4v) is 3.90. The van der Waals surface area contributed by atoms with Crippen molar-refractivity contribution in [3.8, 4) is 0 Å². The predicted molar refractivity (Wildman–Crippen MR) is 126 cm³/mol. The molecule has 2 aromatic carbocycles. The molecule has 2 aromatic rings. The molecule has 0 saturated carbocycles. The maximum atomic E-state index is 13.7. The number of para-hydroxylation sites is 1. The number of methoxy groups -OCH3 is 1. The number of esters is 1. The second-order valence-electron chi connectivity index (χ2n) is 9.09. The summed E-state index contributed by atoms with van der Waals surface area (Å²) in [7, 11) is 1.33. The Morgan fingerprint density at radius 3 is 2.33 bits per heavy atom. The molecule has 1 aliphatic heterocycles. The van der Waals surface area contributed by atoms with E-state index in [1.165, 1.54) is 12.0 Å². The number of anilines is 1. The maximum Gasteiger partial charge on any atom is 0.415 e. The first kappa shape index (κ1) is 24.3. The Balaban J connectivity index is 1.85. The third-order valence-electron chi connectivity index (χ3n) is 5.49. The van der Waals surface area contributed by atoms with Gasteiger partial charge in [-0.25, -0.2) is 4.79 Å². The molecule has 0 aromatic heterocycles. The maximum absolute atomic E-state index is 13.7. The van der Waals surface area contributed by atoms with Gasteiger partial charge in [-0.1, -0.05) is 48.5 Å². The molecule has 2 amide bonds. The lowest BCUT2D eigenvalue weighted by Crippen LogP contribution is -2.51. The van der Waals surface area contributed by atoms with Gasteiger partial charge in [0.2, 0.25) is 5.91 Å². The van der Waals surface area contributed by atoms with Crippen LogP contribution in [0.5, 0.6) is 0 Å². The largest absolute Gasteiger partial charge is 0.469 e. The second kappa shape index (κ2) is 10.5. The molecule has 33 heavy (non-hydrogen) atoms. The molecule has 0 fully saturated rings. The van der Waals surface area contributed by atoms with E-state index in [1.807, 2.05) is 54.6 Å². The number of carbonyl (C=O) groups is 3. The first-order valence-electron chi connectivity index (χ1n) is 11.2. The standard InChI is InChI=1S/C26H32N2O5/c1-26(2,3)33-25(31)28-21-13-9-8-12-20(21)18-22(28)24(30)27(17-15-23(29)32-4)16-14-19-10-6-5-7-11-19/h5-13,22H,14-18H2,1-4H3/t22-/m1/s1. The normalized spacial score (nSPS) is 15.0. The number of ether oxygens (including phenoxy) is 2. The quantitative estimate of drug-likeness (QED) is 0.594. The fourth-order valence-electron chi connectivity index (χ4n) is 3.90. The minimum Gasteiger partial charge on any atom is -0.469 e. The molecule has 0 N–H and O–H groups in total. The fraction of sp³-hybridized carbons (Fsp3) is 0.423. The molecule has 3 rings (SSSR count). The molecule has 7 nitrogen and oxygen atoms in total. The third-order valence-corrected chi connectivity index (χ3v) is 5.49. The Morgan fingerprint density at radius 1 is 1.00 bits per heavy atom. The highest BCUT2D eigenvalue weighted by molar-refractivity contribution is 6.00. The monoisotopic (exact) mass is 452 g/mol. The lowest BCUT2D eigenvalue weighted by Gasteiger charge is -2.32. The number of benzene rings is 2. The lowest BCUT2D eigenvalue weighted by molar-refractivity contribution is -0.142. The van der Waals surface area contributed by atoms with Crippen LogP contribution in [0.15, 0.2) is 54.6 Å². The van der Waals surface area contributed by atoms with Crippen LogP contribution in [0, 0.1) is 0 Å². The van der Waals surface area contributed by atoms with Crippen molar-refractivity contribution in [3.05, 3.63) is 65.7 Å². The van der Waals surface area contributed by atoms with Crippen LogP contribution in [0.4, 0.5) is 10.5 Å². The van der Waals surface area contributed by atoms with Gasteiger partial charge in [0.15, 0.2) is 0 Å². The molecule has 0 radical (unpaired) electrons. The van der Waals surface area contributed by atoms with E-state index < -0.39 is 17.7 Å². The molecule has 1 atom stereocenters. The van der Waals surface area contributed by atoms with Crippen molar-refractivity contribution in [3.63, 3.8) is 0 Å². The number of nitrogens with zero attached hydrogens (tertiary/aromatic N) is 2. The Morgan fingerprint density at radius 2 is 1.67 bits per heavy atom. The highest BCUT2D eigenvalue weighted by Crippen LogP contribution is 2.34. The summed E-state index contributed by atoms with van der Waals surface area (Å²) in [5.74, 6) is -0.594. The highest BCUT2D eigenvalue weighted by atomic mass is 16.6. The van der Waals surface area contributed by atoms with Crippen LogP contribution in [0.2, 0.25) is 0 Å². The van der Waals surface area contributed by atoms with Crippen molar-refractivity contribution in [2.75, 3.05) is 25.1 Å². The molecule has 0 spiro atoms. The zero-order valence-corrected chi connectivity index (χ0v) is 19.7. The summed E-state index contributed by atoms with van der Waals surface area (Å²) in [5.41, 5.74) is 1.99. The van der Waals surface area contributed by atoms with Crippen molar-refractivity contribution in [2.45, 2.75) is 51.7 Å². The van der Waals surface area contributed by atoms with Gasteiger partial charge in [-0.15, -0.1) is 0 Å². The number of fused-ring (bicyclic) bond motifs is 1. The van der Waals surface area contributed by atoms with Crippen molar-refractivity contribution in [1.29, 1.82) is 0 Å². The summed E-state index contributed by atoms with van der Waals surface area (Å²) >= 11 is 0. The Bertz CT molecular complexity index is 984. The van der Waals surface area contributed by atoms with Gasteiger partial charge < -0.3 is 14.4 Å². The SMILES string of the molecule is COC(=O)CCN(CCc1ccccc1)C(=O)[C@H]1Cc2ccccc2N1C(=O)OC(C)(C)C. The van der Waals surface area contributed by atoms with E-state index in [0.717, 1.165) is 11.1 Å². The molecule has 176 valence electrons. The summed E-state index contributed by atoms with van der Waals surface area (Å²) in [6, 6.07) is 16.6. The average molecular weight is 453 g/mol. The number of amides is 2. The summed E-state index contributed by atoms with van der Waals surface area (Å²) in [4.78, 5) is 41.8. The topological polar surface area (TPSA) is 76.2 Å². The van der Waals surface area contributed by atoms with Gasteiger partial charge in [0.05, 0.1) is 19.2 Å². The molecule has 0 saturated heterocycles. The van der Waals surface area contributed by atoms with Gasteiger partial charge in [-0.05, 0) is 44.4 Å². The molecule has 1 aliphatic rings. The second-order valence-corrected chi connectivity index (χ2v) is 9.09. The Hall–Kier alpha value is -3.35. The molecule has 0 unspecified atom stereocenters. The minimum absolute atomic E-state index is 0.0864. The third kappa shape index (κ3) is 6.34. The van der Waals surface area contributed by atoms with Gasteiger partial charge in [-0.2, -0.15) is 0 Å². The van der Waals surface area contributed by atoms with E-state index in [2.05, 4.69) is 0 Å². The summed E-state index contributed by atoms with van der Waals surface area (Å²) in [5, 5.41) is 0. The van der Waals surface area contributed by atoms with E-state index in [-0.39, 0.29) is 24.8 Å². The summed E-state index contributed by atoms with van der Waals surface area (Å²) < 4.78 is 10.4. The zero-order chi connectivity index (χ0) is 24.0. The van der Waals surface area contributed by atoms with Crippen molar-refractivity contribution in [1.82, 2.24) is 4.90 Å². The van der Waals surface area contributed by atoms with Crippen LogP contribution in [-0.4, -0.2) is 54.7 Å². The predicted octanol–water partition coefficient (Wildman–Crippen LogP) is 3.99. The van der Waals surface area contributed by atoms with Gasteiger partial charge >= 0.3 is 12.1 Å². The van der Waals surface area contributed by atoms with Crippen molar-refractivity contribution < 1.29 is 23.9 Å². The van der Waals surface area contributed by atoms with Gasteiger partial charge in [-0.3, -0.25) is 14.5 Å². The summed E-state index contributed by atoms with van der Waals surface area (Å²) in [6.45, 7) is 6.03. The van der Waals surface area contributed by atoms with E-state index >= 15 is 0 Å². The molecular weight excluding hydrogens is 420 g/mol. The highest BCUT2D eigenvalue weighted by Gasteiger charge is 2.42. The van der Waals surface area contributed by atoms with Gasteiger partial charge in [0, 0.05) is 19.5 Å². The van der Waals surface area contributed by atoms with Crippen molar-refractivity contribution in [2.24, 2.45) is 0 Å². The van der Waals surface area contributed by atoms with Gasteiger partial charge in [0.1, 0.15) is 11.6 Å². The number of hydrogen-bond donors (Lipinski definition) is 0. The molecule has 0 aliphatic carbocycles. The Kier molecular flexibility index (Phi) is 7.74. The minimum atomic E-state index is -0.731. The molecule has 7 heteroatoms. The average Bonchev–Trinajstić information content (AvgIpc) is 3.18. The molecule has 0 bridgehead atoms. The number of hydrogen-bond acceptors (Lipinski definition) is 5. The van der Waals surface area contributed by atoms with Crippen LogP contribution in [0.3, 0.4) is 0 Å². The Labute approximate surface area is 195 Å². The van der Waals surface area contributed by atoms with Crippen LogP contribution >= 0.6 is 0 Å². The van der Waals surface area contributed by atoms with Crippen LogP contribution in [0.1, 0.15) is 38.3 Å². The van der Waals surface area contributed by atoms with Crippen LogP contribution < -0.4 is 4.90 Å². The van der Waals surface area contributed by atoms with Crippen molar-refractivity contribution >= 4 is 23.7 Å². The first-order valence-corrected chi connectivity index (χ1v) is 11.2. The van der Waals surface area contributed by atoms with Crippen LogP contribution in [-0.2, 0) is 31.9 Å². The van der Waals surface area contributed by atoms with E-state index in [9.17, 15) is 14.4 Å². The smallest absolute Gasteiger partial charge is 0.415 e. The van der Waals surface area contributed by atoms with Crippen LogP contribution in [0.25, 0.3) is 0 Å². The zero-order valence-electron chi connectivity index (χ0n) is 19.7. The number of rotatable bonds is 7. The van der Waals surface area contributed by atoms with Gasteiger partial charge in [0.25, 0.3) is 0 Å². The lowest BCUT2D eigenvalue weighted by atomic mass is 10.1. The van der Waals surface area contributed by atoms with E-state index in [1.54, 1.807) is 25.7 Å².